The second-order valence-electron chi connectivity index (χ2n) is 12.1. The molecular weight excluding hydrogens is 362 g/mol. The summed E-state index contributed by atoms with van der Waals surface area (Å²) in [6.07, 6.45) is 7.25. The van der Waals surface area contributed by atoms with Crippen LogP contribution >= 0.6 is 0 Å². The Kier molecular flexibility index (Phi) is 5.90. The lowest BCUT2D eigenvalue weighted by atomic mass is 9.43. The number of nitrogens with zero attached hydrogens (tertiary/aromatic N) is 1. The van der Waals surface area contributed by atoms with Gasteiger partial charge in [0.1, 0.15) is 0 Å². The third kappa shape index (κ3) is 3.41. The molecule has 0 aromatic carbocycles. The number of rotatable bonds is 4. The number of hydrogen-bond donors (Lipinski definition) is 3. The normalized spacial score (nSPS) is 53.3. The highest BCUT2D eigenvalue weighted by Crippen LogP contribution is 2.68. The van der Waals surface area contributed by atoms with Gasteiger partial charge in [0.15, 0.2) is 0 Å². The predicted octanol–water partition coefficient (Wildman–Crippen LogP) is 3.54. The average Bonchev–Trinajstić information content (AvgIpc) is 3.01. The standard InChI is InChI=1S/C25H45NO3/c1-15(9-11-26(4)5)18-6-7-19-23-20(14-22(29)25(18,19)3)24(2)10-8-17(27)12-16(24)13-21(23)28/h15-23,27-29H,6-14H2,1-5H3/t15-,16+,17-,18-,19+,20+,21+,22+,23+,24-,25-/m0/s1. The summed E-state index contributed by atoms with van der Waals surface area (Å²) in [7, 11) is 4.28. The minimum absolute atomic E-state index is 0.0642. The fourth-order valence-electron chi connectivity index (χ4n) is 8.79. The van der Waals surface area contributed by atoms with Gasteiger partial charge >= 0.3 is 0 Å². The molecule has 0 unspecified atom stereocenters. The maximum Gasteiger partial charge on any atom is 0.0602 e. The van der Waals surface area contributed by atoms with Crippen molar-refractivity contribution in [1.82, 2.24) is 4.90 Å². The van der Waals surface area contributed by atoms with Crippen LogP contribution in [-0.2, 0) is 0 Å². The number of aliphatic hydroxyl groups excluding tert-OH is 3. The van der Waals surface area contributed by atoms with Crippen LogP contribution in [-0.4, -0.2) is 59.2 Å². The summed E-state index contributed by atoms with van der Waals surface area (Å²) in [5, 5.41) is 33.1. The van der Waals surface area contributed by atoms with E-state index >= 15 is 0 Å². The molecule has 0 spiro atoms. The average molecular weight is 408 g/mol. The molecule has 4 aliphatic rings. The molecule has 168 valence electrons. The van der Waals surface area contributed by atoms with Crippen molar-refractivity contribution in [1.29, 1.82) is 0 Å². The van der Waals surface area contributed by atoms with Gasteiger partial charge in [-0.05, 0) is 118 Å². The first-order valence-corrected chi connectivity index (χ1v) is 12.3. The highest BCUT2D eigenvalue weighted by Gasteiger charge is 2.65. The third-order valence-electron chi connectivity index (χ3n) is 10.6. The lowest BCUT2D eigenvalue weighted by molar-refractivity contribution is -0.207. The summed E-state index contributed by atoms with van der Waals surface area (Å²) < 4.78 is 0. The van der Waals surface area contributed by atoms with Gasteiger partial charge in [-0.15, -0.1) is 0 Å². The Morgan fingerprint density at radius 3 is 2.38 bits per heavy atom. The zero-order valence-electron chi connectivity index (χ0n) is 19.3. The van der Waals surface area contributed by atoms with Crippen LogP contribution in [0.4, 0.5) is 0 Å². The van der Waals surface area contributed by atoms with Gasteiger partial charge < -0.3 is 20.2 Å². The van der Waals surface area contributed by atoms with E-state index < -0.39 is 0 Å². The van der Waals surface area contributed by atoms with E-state index in [4.69, 9.17) is 0 Å². The van der Waals surface area contributed by atoms with Crippen LogP contribution in [0, 0.1) is 46.3 Å². The molecule has 4 nitrogen and oxygen atoms in total. The molecule has 4 rings (SSSR count). The monoisotopic (exact) mass is 407 g/mol. The van der Waals surface area contributed by atoms with E-state index in [1.807, 2.05) is 0 Å². The van der Waals surface area contributed by atoms with Crippen molar-refractivity contribution in [3.63, 3.8) is 0 Å². The first-order valence-electron chi connectivity index (χ1n) is 12.3. The van der Waals surface area contributed by atoms with Gasteiger partial charge in [0.05, 0.1) is 18.3 Å². The Balaban J connectivity index is 1.60. The maximum absolute atomic E-state index is 11.6. The van der Waals surface area contributed by atoms with E-state index in [1.54, 1.807) is 0 Å². The van der Waals surface area contributed by atoms with E-state index in [9.17, 15) is 15.3 Å². The van der Waals surface area contributed by atoms with Gasteiger partial charge in [0.25, 0.3) is 0 Å². The van der Waals surface area contributed by atoms with Crippen LogP contribution < -0.4 is 0 Å². The van der Waals surface area contributed by atoms with Crippen molar-refractivity contribution >= 4 is 0 Å². The van der Waals surface area contributed by atoms with Gasteiger partial charge in [-0.3, -0.25) is 0 Å². The molecule has 0 aliphatic heterocycles. The Morgan fingerprint density at radius 2 is 1.69 bits per heavy atom. The maximum atomic E-state index is 11.6. The molecule has 0 saturated heterocycles. The van der Waals surface area contributed by atoms with Crippen molar-refractivity contribution in [2.45, 2.75) is 90.4 Å². The van der Waals surface area contributed by atoms with Gasteiger partial charge in [-0.25, -0.2) is 0 Å². The molecule has 0 radical (unpaired) electrons. The largest absolute Gasteiger partial charge is 0.393 e. The van der Waals surface area contributed by atoms with E-state index in [-0.39, 0.29) is 29.1 Å². The molecule has 0 aromatic heterocycles. The molecular formula is C25H45NO3. The second-order valence-corrected chi connectivity index (χ2v) is 12.1. The van der Waals surface area contributed by atoms with E-state index in [2.05, 4.69) is 39.8 Å². The smallest absolute Gasteiger partial charge is 0.0602 e. The lowest BCUT2D eigenvalue weighted by Gasteiger charge is -2.63. The molecule has 4 heteroatoms. The van der Waals surface area contributed by atoms with Gasteiger partial charge in [0, 0.05) is 0 Å². The zero-order valence-corrected chi connectivity index (χ0v) is 19.3. The van der Waals surface area contributed by atoms with Crippen molar-refractivity contribution < 1.29 is 15.3 Å². The predicted molar refractivity (Wildman–Crippen MR) is 116 cm³/mol. The second kappa shape index (κ2) is 7.76. The van der Waals surface area contributed by atoms with Crippen LogP contribution in [0.1, 0.15) is 72.1 Å². The topological polar surface area (TPSA) is 63.9 Å². The molecule has 0 aromatic rings. The lowest BCUT2D eigenvalue weighted by Crippen LogP contribution is -2.62. The number of fused-ring (bicyclic) bond motifs is 5. The molecule has 0 bridgehead atoms. The number of aliphatic hydroxyl groups is 3. The Bertz CT molecular complexity index is 597. The number of hydrogen-bond acceptors (Lipinski definition) is 4. The van der Waals surface area contributed by atoms with Crippen LogP contribution in [0.5, 0.6) is 0 Å². The molecule has 0 amide bonds. The van der Waals surface area contributed by atoms with Crippen molar-refractivity contribution in [2.75, 3.05) is 20.6 Å². The Hall–Kier alpha value is -0.160. The fourth-order valence-corrected chi connectivity index (χ4v) is 8.79. The van der Waals surface area contributed by atoms with Crippen LogP contribution in [0.15, 0.2) is 0 Å². The summed E-state index contributed by atoms with van der Waals surface area (Å²) >= 11 is 0. The Labute approximate surface area is 178 Å². The quantitative estimate of drug-likeness (QED) is 0.667. The minimum atomic E-state index is -0.268. The van der Waals surface area contributed by atoms with Gasteiger partial charge in [-0.1, -0.05) is 20.8 Å². The van der Waals surface area contributed by atoms with Crippen molar-refractivity contribution in [3.8, 4) is 0 Å². The summed E-state index contributed by atoms with van der Waals surface area (Å²) in [5.41, 5.74) is 0.102. The minimum Gasteiger partial charge on any atom is -0.393 e. The van der Waals surface area contributed by atoms with Crippen molar-refractivity contribution in [2.24, 2.45) is 46.3 Å². The van der Waals surface area contributed by atoms with Gasteiger partial charge in [-0.2, -0.15) is 0 Å². The summed E-state index contributed by atoms with van der Waals surface area (Å²) in [6.45, 7) is 8.26. The molecule has 4 saturated carbocycles. The molecule has 3 N–H and O–H groups in total. The highest BCUT2D eigenvalue weighted by atomic mass is 16.3. The molecule has 11 atom stereocenters. The molecule has 0 heterocycles. The van der Waals surface area contributed by atoms with E-state index in [0.29, 0.717) is 35.5 Å². The molecule has 4 aliphatic carbocycles. The first-order chi connectivity index (χ1) is 13.6. The summed E-state index contributed by atoms with van der Waals surface area (Å²) in [4.78, 5) is 2.27. The zero-order chi connectivity index (χ0) is 21.1. The van der Waals surface area contributed by atoms with Crippen LogP contribution in [0.2, 0.25) is 0 Å². The van der Waals surface area contributed by atoms with E-state index in [0.717, 1.165) is 45.1 Å². The highest BCUT2D eigenvalue weighted by molar-refractivity contribution is 5.14. The van der Waals surface area contributed by atoms with Crippen LogP contribution in [0.3, 0.4) is 0 Å². The summed E-state index contributed by atoms with van der Waals surface area (Å²) in [5.74, 6) is 2.71. The first kappa shape index (κ1) is 22.0. The summed E-state index contributed by atoms with van der Waals surface area (Å²) in [6, 6.07) is 0. The SMILES string of the molecule is C[C@@H](CCN(C)C)[C@@H]1CC[C@@H]2[C@H]3[C@H](O)C[C@H]4C[C@@H](O)CC[C@]4(C)[C@@H]3C[C@@H](O)[C@]21C. The molecule has 29 heavy (non-hydrogen) atoms. The van der Waals surface area contributed by atoms with E-state index in [1.165, 1.54) is 12.8 Å². The Morgan fingerprint density at radius 1 is 0.966 bits per heavy atom. The molecule has 4 fully saturated rings. The third-order valence-corrected chi connectivity index (χ3v) is 10.6. The van der Waals surface area contributed by atoms with Gasteiger partial charge in [0.2, 0.25) is 0 Å². The van der Waals surface area contributed by atoms with Crippen molar-refractivity contribution in [3.05, 3.63) is 0 Å². The van der Waals surface area contributed by atoms with Crippen LogP contribution in [0.25, 0.3) is 0 Å². The fraction of sp³-hybridized carbons (Fsp3) is 1.00.